The summed E-state index contributed by atoms with van der Waals surface area (Å²) in [7, 11) is -3.31. The van der Waals surface area contributed by atoms with Gasteiger partial charge in [-0.2, -0.15) is 0 Å². The molecule has 1 aliphatic heterocycles. The predicted octanol–water partition coefficient (Wildman–Crippen LogP) is 0.0200. The summed E-state index contributed by atoms with van der Waals surface area (Å²) in [5.74, 6) is -0.261. The van der Waals surface area contributed by atoms with Crippen LogP contribution in [0.2, 0.25) is 0 Å². The number of amides is 1. The largest absolute Gasteiger partial charge is 0.337 e. The van der Waals surface area contributed by atoms with Crippen molar-refractivity contribution in [2.24, 2.45) is 0 Å². The van der Waals surface area contributed by atoms with E-state index in [9.17, 15) is 13.2 Å². The summed E-state index contributed by atoms with van der Waals surface area (Å²) in [6.45, 7) is 5.76. The Balaban J connectivity index is 2.79. The number of hydrogen-bond acceptors (Lipinski definition) is 4. The molecule has 1 fully saturated rings. The van der Waals surface area contributed by atoms with Crippen LogP contribution < -0.4 is 5.32 Å². The lowest BCUT2D eigenvalue weighted by molar-refractivity contribution is -0.132. The smallest absolute Gasteiger partial charge is 0.240 e. The predicted molar refractivity (Wildman–Crippen MR) is 67.6 cm³/mol. The highest BCUT2D eigenvalue weighted by atomic mass is 32.2. The molecule has 5 nitrogen and oxygen atoms in total. The average Bonchev–Trinajstić information content (AvgIpc) is 2.75. The molecule has 1 saturated heterocycles. The molecule has 0 aromatic heterocycles. The number of carbonyl (C=O) groups is 1. The normalized spacial score (nSPS) is 22.4. The third-order valence-corrected chi connectivity index (χ3v) is 4.70. The van der Waals surface area contributed by atoms with E-state index in [1.165, 1.54) is 6.92 Å². The summed E-state index contributed by atoms with van der Waals surface area (Å²) in [6, 6.07) is 0.145. The summed E-state index contributed by atoms with van der Waals surface area (Å²) in [5, 5.41) is 2.26. The molecule has 1 N–H and O–H groups in total. The minimum atomic E-state index is -3.31. The molecule has 0 aromatic rings. The van der Waals surface area contributed by atoms with Crippen molar-refractivity contribution >= 4 is 15.7 Å². The molecule has 1 aliphatic rings. The third kappa shape index (κ3) is 3.67. The van der Waals surface area contributed by atoms with Crippen LogP contribution in [-0.4, -0.2) is 56.4 Å². The highest BCUT2D eigenvalue weighted by Crippen LogP contribution is 2.13. The van der Waals surface area contributed by atoms with Crippen LogP contribution in [0.4, 0.5) is 0 Å². The highest BCUT2D eigenvalue weighted by Gasteiger charge is 2.33. The SMILES string of the molecule is CCCN(C(=O)C(C)S(C)(=O)=O)C1CCNC1. The number of rotatable bonds is 5. The second-order valence-corrected chi connectivity index (χ2v) is 7.02. The Kier molecular flexibility index (Phi) is 4.94. The highest BCUT2D eigenvalue weighted by molar-refractivity contribution is 7.92. The molecule has 0 spiro atoms. The van der Waals surface area contributed by atoms with Crippen LogP contribution in [0.1, 0.15) is 26.7 Å². The fourth-order valence-electron chi connectivity index (χ4n) is 2.04. The Bertz CT molecular complexity index is 361. The first-order valence-electron chi connectivity index (χ1n) is 6.08. The molecule has 2 unspecified atom stereocenters. The molecule has 1 rings (SSSR count). The second-order valence-electron chi connectivity index (χ2n) is 4.65. The maximum absolute atomic E-state index is 12.2. The number of nitrogens with one attached hydrogen (secondary N) is 1. The molecular weight excluding hydrogens is 240 g/mol. The van der Waals surface area contributed by atoms with E-state index in [4.69, 9.17) is 0 Å². The van der Waals surface area contributed by atoms with Crippen LogP contribution >= 0.6 is 0 Å². The summed E-state index contributed by atoms with van der Waals surface area (Å²) in [5.41, 5.74) is 0. The molecule has 1 amide bonds. The van der Waals surface area contributed by atoms with Crippen LogP contribution in [0, 0.1) is 0 Å². The van der Waals surface area contributed by atoms with Gasteiger partial charge in [-0.3, -0.25) is 4.79 Å². The number of carbonyl (C=O) groups excluding carboxylic acids is 1. The lowest BCUT2D eigenvalue weighted by Gasteiger charge is -2.30. The van der Waals surface area contributed by atoms with Gasteiger partial charge in [0.2, 0.25) is 5.91 Å². The lowest BCUT2D eigenvalue weighted by Crippen LogP contribution is -2.48. The zero-order valence-corrected chi connectivity index (χ0v) is 11.6. The van der Waals surface area contributed by atoms with E-state index in [2.05, 4.69) is 5.32 Å². The second kappa shape index (κ2) is 5.82. The Hall–Kier alpha value is -0.620. The molecular formula is C11H22N2O3S. The van der Waals surface area contributed by atoms with Crippen LogP contribution in [0.25, 0.3) is 0 Å². The zero-order valence-electron chi connectivity index (χ0n) is 10.8. The molecule has 100 valence electrons. The third-order valence-electron chi connectivity index (χ3n) is 3.21. The maximum Gasteiger partial charge on any atom is 0.240 e. The van der Waals surface area contributed by atoms with Gasteiger partial charge in [0.15, 0.2) is 9.84 Å². The molecule has 2 atom stereocenters. The van der Waals surface area contributed by atoms with Gasteiger partial charge in [-0.05, 0) is 26.3 Å². The molecule has 0 aromatic carbocycles. The van der Waals surface area contributed by atoms with E-state index in [0.717, 1.165) is 32.2 Å². The zero-order chi connectivity index (χ0) is 13.1. The van der Waals surface area contributed by atoms with Crippen LogP contribution in [0.5, 0.6) is 0 Å². The Labute approximate surface area is 103 Å². The molecule has 0 bridgehead atoms. The first kappa shape index (κ1) is 14.4. The quantitative estimate of drug-likeness (QED) is 0.758. The molecule has 0 aliphatic carbocycles. The monoisotopic (exact) mass is 262 g/mol. The van der Waals surface area contributed by atoms with Crippen LogP contribution in [0.3, 0.4) is 0 Å². The number of hydrogen-bond donors (Lipinski definition) is 1. The Morgan fingerprint density at radius 3 is 2.59 bits per heavy atom. The van der Waals surface area contributed by atoms with Crippen molar-refractivity contribution in [2.75, 3.05) is 25.9 Å². The van der Waals surface area contributed by atoms with E-state index in [1.54, 1.807) is 4.90 Å². The fraction of sp³-hybridized carbons (Fsp3) is 0.909. The maximum atomic E-state index is 12.2. The van der Waals surface area contributed by atoms with Gasteiger partial charge in [0.05, 0.1) is 0 Å². The van der Waals surface area contributed by atoms with Gasteiger partial charge in [-0.15, -0.1) is 0 Å². The van der Waals surface area contributed by atoms with Gasteiger partial charge < -0.3 is 10.2 Å². The van der Waals surface area contributed by atoms with E-state index in [1.807, 2.05) is 6.92 Å². The fourth-order valence-corrected chi connectivity index (χ4v) is 2.54. The van der Waals surface area contributed by atoms with E-state index in [0.29, 0.717) is 6.54 Å². The van der Waals surface area contributed by atoms with Gasteiger partial charge in [0.1, 0.15) is 5.25 Å². The first-order valence-corrected chi connectivity index (χ1v) is 8.03. The van der Waals surface area contributed by atoms with Crippen molar-refractivity contribution in [1.29, 1.82) is 0 Å². The van der Waals surface area contributed by atoms with Gasteiger partial charge in [0.25, 0.3) is 0 Å². The molecule has 6 heteroatoms. The van der Waals surface area contributed by atoms with E-state index < -0.39 is 15.1 Å². The van der Waals surface area contributed by atoms with Gasteiger partial charge in [-0.1, -0.05) is 6.92 Å². The van der Waals surface area contributed by atoms with Crippen molar-refractivity contribution in [1.82, 2.24) is 10.2 Å². The van der Waals surface area contributed by atoms with Gasteiger partial charge in [-0.25, -0.2) is 8.42 Å². The van der Waals surface area contributed by atoms with E-state index >= 15 is 0 Å². The molecule has 0 saturated carbocycles. The van der Waals surface area contributed by atoms with Crippen molar-refractivity contribution in [3.8, 4) is 0 Å². The average molecular weight is 262 g/mol. The van der Waals surface area contributed by atoms with Gasteiger partial charge in [0, 0.05) is 25.4 Å². The Morgan fingerprint density at radius 2 is 2.18 bits per heavy atom. The van der Waals surface area contributed by atoms with Crippen LogP contribution in [0.15, 0.2) is 0 Å². The number of nitrogens with zero attached hydrogens (tertiary/aromatic N) is 1. The van der Waals surface area contributed by atoms with Crippen molar-refractivity contribution in [3.05, 3.63) is 0 Å². The summed E-state index contributed by atoms with van der Waals surface area (Å²) in [4.78, 5) is 13.9. The van der Waals surface area contributed by atoms with Crippen LogP contribution in [-0.2, 0) is 14.6 Å². The minimum Gasteiger partial charge on any atom is -0.337 e. The first-order chi connectivity index (χ1) is 7.88. The molecule has 17 heavy (non-hydrogen) atoms. The van der Waals surface area contributed by atoms with E-state index in [-0.39, 0.29) is 11.9 Å². The molecule has 1 heterocycles. The number of sulfone groups is 1. The Morgan fingerprint density at radius 1 is 1.53 bits per heavy atom. The summed E-state index contributed by atoms with van der Waals surface area (Å²) < 4.78 is 22.9. The topological polar surface area (TPSA) is 66.5 Å². The lowest BCUT2D eigenvalue weighted by atomic mass is 10.2. The van der Waals surface area contributed by atoms with Gasteiger partial charge >= 0.3 is 0 Å². The van der Waals surface area contributed by atoms with Crippen molar-refractivity contribution in [3.63, 3.8) is 0 Å². The van der Waals surface area contributed by atoms with Crippen molar-refractivity contribution < 1.29 is 13.2 Å². The minimum absolute atomic E-state index is 0.145. The molecule has 0 radical (unpaired) electrons. The standard InChI is InChI=1S/C11H22N2O3S/c1-4-7-13(10-5-6-12-8-10)11(14)9(2)17(3,15)16/h9-10,12H,4-8H2,1-3H3. The summed E-state index contributed by atoms with van der Waals surface area (Å²) in [6.07, 6.45) is 2.87. The van der Waals surface area contributed by atoms with Crippen molar-refractivity contribution in [2.45, 2.75) is 38.0 Å². The summed E-state index contributed by atoms with van der Waals surface area (Å²) >= 11 is 0.